The predicted octanol–water partition coefficient (Wildman–Crippen LogP) is 3.97. The summed E-state index contributed by atoms with van der Waals surface area (Å²) in [7, 11) is 0. The van der Waals surface area contributed by atoms with E-state index in [0.717, 1.165) is 22.7 Å². The number of carbonyl (C=O) groups excluding carboxylic acids is 1. The van der Waals surface area contributed by atoms with Gasteiger partial charge in [0.25, 0.3) is 0 Å². The summed E-state index contributed by atoms with van der Waals surface area (Å²) in [6.45, 7) is 9.06. The van der Waals surface area contributed by atoms with Crippen LogP contribution in [-0.4, -0.2) is 22.3 Å². The number of carbonyl (C=O) groups is 1. The van der Waals surface area contributed by atoms with Gasteiger partial charge in [-0.1, -0.05) is 26.0 Å². The monoisotopic (exact) mass is 327 g/mol. The van der Waals surface area contributed by atoms with Gasteiger partial charge < -0.3 is 10.1 Å². The zero-order valence-electron chi connectivity index (χ0n) is 14.7. The van der Waals surface area contributed by atoms with Crippen LogP contribution in [0.25, 0.3) is 0 Å². The zero-order valence-corrected chi connectivity index (χ0v) is 14.7. The van der Waals surface area contributed by atoms with Crippen LogP contribution in [0.15, 0.2) is 30.5 Å². The largest absolute Gasteiger partial charge is 0.493 e. The number of fused-ring (bicyclic) bond motifs is 1. The number of aromatic nitrogens is 2. The predicted molar refractivity (Wildman–Crippen MR) is 94.5 cm³/mol. The summed E-state index contributed by atoms with van der Waals surface area (Å²) in [5.41, 5.74) is 2.17. The van der Waals surface area contributed by atoms with E-state index in [1.54, 1.807) is 0 Å². The second-order valence-electron chi connectivity index (χ2n) is 7.07. The first-order valence-electron chi connectivity index (χ1n) is 8.55. The second kappa shape index (κ2) is 6.67. The molecule has 1 aromatic heterocycles. The Morgan fingerprint density at radius 1 is 1.33 bits per heavy atom. The number of ether oxygens (including phenoxy) is 1. The lowest BCUT2D eigenvalue weighted by atomic mass is 9.87. The van der Waals surface area contributed by atoms with Crippen molar-refractivity contribution in [2.75, 3.05) is 11.9 Å². The Morgan fingerprint density at radius 2 is 2.12 bits per heavy atom. The summed E-state index contributed by atoms with van der Waals surface area (Å²) in [5.74, 6) is 2.20. The second-order valence-corrected chi connectivity index (χ2v) is 7.07. The van der Waals surface area contributed by atoms with Gasteiger partial charge in [-0.15, -0.1) is 0 Å². The number of anilines is 1. The van der Waals surface area contributed by atoms with Crippen LogP contribution in [0, 0.1) is 5.92 Å². The first-order chi connectivity index (χ1) is 11.5. The van der Waals surface area contributed by atoms with Crippen molar-refractivity contribution in [3.63, 3.8) is 0 Å². The van der Waals surface area contributed by atoms with Gasteiger partial charge in [-0.25, -0.2) is 4.68 Å². The van der Waals surface area contributed by atoms with Crippen molar-refractivity contribution >= 4 is 11.7 Å². The fourth-order valence-electron chi connectivity index (χ4n) is 3.01. The molecular weight excluding hydrogens is 302 g/mol. The quantitative estimate of drug-likeness (QED) is 0.904. The molecule has 0 radical (unpaired) electrons. The number of hydrogen-bond acceptors (Lipinski definition) is 3. The van der Waals surface area contributed by atoms with Gasteiger partial charge in [0, 0.05) is 23.9 Å². The third-order valence-electron chi connectivity index (χ3n) is 4.18. The van der Waals surface area contributed by atoms with E-state index in [9.17, 15) is 4.79 Å². The van der Waals surface area contributed by atoms with Gasteiger partial charge in [-0.3, -0.25) is 4.79 Å². The van der Waals surface area contributed by atoms with Crippen LogP contribution in [0.2, 0.25) is 0 Å². The molecule has 128 valence electrons. The molecule has 24 heavy (non-hydrogen) atoms. The third-order valence-corrected chi connectivity index (χ3v) is 4.18. The average Bonchev–Trinajstić information content (AvgIpc) is 2.96. The van der Waals surface area contributed by atoms with Crippen molar-refractivity contribution in [3.8, 4) is 5.75 Å². The first-order valence-corrected chi connectivity index (χ1v) is 8.55. The van der Waals surface area contributed by atoms with Crippen molar-refractivity contribution in [2.24, 2.45) is 5.92 Å². The lowest BCUT2D eigenvalue weighted by Gasteiger charge is -2.25. The minimum atomic E-state index is 0.0175. The van der Waals surface area contributed by atoms with Gasteiger partial charge in [0.05, 0.1) is 12.8 Å². The van der Waals surface area contributed by atoms with E-state index in [1.807, 2.05) is 29.1 Å². The van der Waals surface area contributed by atoms with E-state index < -0.39 is 0 Å². The van der Waals surface area contributed by atoms with Gasteiger partial charge in [0.15, 0.2) is 0 Å². The summed E-state index contributed by atoms with van der Waals surface area (Å²) in [6, 6.07) is 8.26. The van der Waals surface area contributed by atoms with E-state index >= 15 is 0 Å². The Hall–Kier alpha value is -2.30. The molecule has 0 saturated heterocycles. The molecular formula is C19H25N3O2. The highest BCUT2D eigenvalue weighted by atomic mass is 16.5. The minimum Gasteiger partial charge on any atom is -0.493 e. The molecule has 0 spiro atoms. The molecule has 0 aliphatic carbocycles. The van der Waals surface area contributed by atoms with Crippen LogP contribution < -0.4 is 10.1 Å². The van der Waals surface area contributed by atoms with E-state index in [4.69, 9.17) is 4.74 Å². The SMILES string of the molecule is CC(C)COc1cccc(C2CC(=O)Nc3c2cnn3C(C)C)c1. The van der Waals surface area contributed by atoms with E-state index in [2.05, 4.69) is 44.2 Å². The highest BCUT2D eigenvalue weighted by molar-refractivity contribution is 5.94. The normalized spacial score (nSPS) is 17.1. The zero-order chi connectivity index (χ0) is 17.3. The van der Waals surface area contributed by atoms with Gasteiger partial charge in [0.1, 0.15) is 11.6 Å². The van der Waals surface area contributed by atoms with Crippen molar-refractivity contribution < 1.29 is 9.53 Å². The average molecular weight is 327 g/mol. The molecule has 5 nitrogen and oxygen atoms in total. The Morgan fingerprint density at radius 3 is 2.83 bits per heavy atom. The maximum atomic E-state index is 12.2. The van der Waals surface area contributed by atoms with Crippen molar-refractivity contribution in [1.82, 2.24) is 9.78 Å². The molecule has 1 amide bonds. The number of rotatable bonds is 5. The molecule has 1 aliphatic heterocycles. The molecule has 1 aliphatic rings. The number of nitrogens with one attached hydrogen (secondary N) is 1. The van der Waals surface area contributed by atoms with E-state index in [1.165, 1.54) is 0 Å². The maximum Gasteiger partial charge on any atom is 0.226 e. The summed E-state index contributed by atoms with van der Waals surface area (Å²) in [6.07, 6.45) is 2.31. The van der Waals surface area contributed by atoms with Crippen LogP contribution in [0.3, 0.4) is 0 Å². The lowest BCUT2D eigenvalue weighted by Crippen LogP contribution is -2.25. The standard InChI is InChI=1S/C19H25N3O2/c1-12(2)11-24-15-7-5-6-14(8-15)16-9-18(23)21-19-17(16)10-20-22(19)13(3)4/h5-8,10,12-13,16H,9,11H2,1-4H3,(H,21,23). The van der Waals surface area contributed by atoms with Gasteiger partial charge >= 0.3 is 0 Å². The van der Waals surface area contributed by atoms with Gasteiger partial charge in [0.2, 0.25) is 5.91 Å². The molecule has 0 bridgehead atoms. The fraction of sp³-hybridized carbons (Fsp3) is 0.474. The molecule has 1 atom stereocenters. The van der Waals surface area contributed by atoms with E-state index in [0.29, 0.717) is 18.9 Å². The van der Waals surface area contributed by atoms with Crippen LogP contribution in [-0.2, 0) is 4.79 Å². The van der Waals surface area contributed by atoms with Crippen molar-refractivity contribution in [2.45, 2.75) is 46.1 Å². The smallest absolute Gasteiger partial charge is 0.226 e. The highest BCUT2D eigenvalue weighted by Gasteiger charge is 2.30. The third kappa shape index (κ3) is 3.30. The number of benzene rings is 1. The molecule has 0 fully saturated rings. The molecule has 5 heteroatoms. The summed E-state index contributed by atoms with van der Waals surface area (Å²) in [5, 5.41) is 7.43. The lowest BCUT2D eigenvalue weighted by molar-refractivity contribution is -0.116. The van der Waals surface area contributed by atoms with Crippen LogP contribution in [0.5, 0.6) is 5.75 Å². The fourth-order valence-corrected chi connectivity index (χ4v) is 3.01. The van der Waals surface area contributed by atoms with Crippen LogP contribution in [0.4, 0.5) is 5.82 Å². The molecule has 3 rings (SSSR count). The number of amides is 1. The summed E-state index contributed by atoms with van der Waals surface area (Å²) in [4.78, 5) is 12.2. The molecule has 2 aromatic rings. The number of nitrogens with zero attached hydrogens (tertiary/aromatic N) is 2. The Labute approximate surface area is 143 Å². The topological polar surface area (TPSA) is 56.1 Å². The van der Waals surface area contributed by atoms with Crippen molar-refractivity contribution in [1.29, 1.82) is 0 Å². The highest BCUT2D eigenvalue weighted by Crippen LogP contribution is 2.38. The van der Waals surface area contributed by atoms with Gasteiger partial charge in [-0.05, 0) is 37.5 Å². The molecule has 0 saturated carbocycles. The Bertz CT molecular complexity index is 734. The summed E-state index contributed by atoms with van der Waals surface area (Å²) < 4.78 is 7.71. The maximum absolute atomic E-state index is 12.2. The van der Waals surface area contributed by atoms with Crippen molar-refractivity contribution in [3.05, 3.63) is 41.6 Å². The van der Waals surface area contributed by atoms with Crippen LogP contribution in [0.1, 0.15) is 57.2 Å². The summed E-state index contributed by atoms with van der Waals surface area (Å²) >= 11 is 0. The first kappa shape index (κ1) is 16.6. The molecule has 2 heterocycles. The Kier molecular flexibility index (Phi) is 4.60. The molecule has 1 N–H and O–H groups in total. The molecule has 1 aromatic carbocycles. The van der Waals surface area contributed by atoms with E-state index in [-0.39, 0.29) is 17.9 Å². The Balaban J connectivity index is 1.93. The van der Waals surface area contributed by atoms with Crippen LogP contribution >= 0.6 is 0 Å². The van der Waals surface area contributed by atoms with Gasteiger partial charge in [-0.2, -0.15) is 5.10 Å². The minimum absolute atomic E-state index is 0.0175. The molecule has 1 unspecified atom stereocenters. The number of hydrogen-bond donors (Lipinski definition) is 1.